The van der Waals surface area contributed by atoms with Gasteiger partial charge in [-0.1, -0.05) is 121 Å². The van der Waals surface area contributed by atoms with E-state index in [1.165, 1.54) is 44.3 Å². The Labute approximate surface area is 286 Å². The first-order valence-corrected chi connectivity index (χ1v) is 20.0. The normalized spacial score (nSPS) is 9.54. The summed E-state index contributed by atoms with van der Waals surface area (Å²) in [5.74, 6) is 0. The fraction of sp³-hybridized carbons (Fsp3) is 0.132. The maximum Gasteiger partial charge on any atom is -0.0195 e. The predicted molar refractivity (Wildman–Crippen MR) is 189 cm³/mol. The molecular formula is C38H36CrNO3P2Si. The van der Waals surface area contributed by atoms with Crippen molar-refractivity contribution < 1.29 is 29.1 Å². The molecule has 0 saturated carbocycles. The Morgan fingerprint density at radius 1 is 0.500 bits per heavy atom. The molecule has 5 rings (SSSR count). The molecule has 231 valence electrons. The van der Waals surface area contributed by atoms with Gasteiger partial charge in [0.1, 0.15) is 0 Å². The van der Waals surface area contributed by atoms with Gasteiger partial charge in [-0.05, 0) is 49.4 Å². The van der Waals surface area contributed by atoms with Crippen molar-refractivity contribution in [3.8, 4) is 0 Å². The molecule has 5 aromatic carbocycles. The standard InChI is InChI=1S/C26H24P2.C9H12NSi.3CO.Cr/c1-5-13-23(14-6-1)27(24-15-7-2-8-16-24)21-22-28(25-17-9-3-10-18-25)26-19-11-4-12-20-26;1-10(2)7-8-5-3-4-6-9(8)11;3*1-2;/h1-20H,21-22H2;3-6H,7H2,1-2H3;;;;. The van der Waals surface area contributed by atoms with Crippen LogP contribution in [0.4, 0.5) is 0 Å². The molecule has 0 aliphatic heterocycles. The molecule has 4 nitrogen and oxygen atoms in total. The zero-order valence-corrected chi connectivity index (χ0v) is 30.0. The summed E-state index contributed by atoms with van der Waals surface area (Å²) < 4.78 is 22.5. The average molecular weight is 697 g/mol. The number of hydrogen-bond acceptors (Lipinski definition) is 1. The molecule has 0 spiro atoms. The number of rotatable bonds is 10. The summed E-state index contributed by atoms with van der Waals surface area (Å²) in [5, 5.41) is 7.32. The second kappa shape index (κ2) is 26.0. The molecule has 0 unspecified atom stereocenters. The van der Waals surface area contributed by atoms with Gasteiger partial charge in [-0.15, -0.1) is 0 Å². The summed E-state index contributed by atoms with van der Waals surface area (Å²) >= 11 is 3.08. The van der Waals surface area contributed by atoms with E-state index >= 15 is 0 Å². The van der Waals surface area contributed by atoms with Gasteiger partial charge in [0.25, 0.3) is 0 Å². The third-order valence-corrected chi connectivity index (χ3v) is 13.6. The third kappa shape index (κ3) is 14.5. The summed E-state index contributed by atoms with van der Waals surface area (Å²) in [6, 6.07) is 52.8. The van der Waals surface area contributed by atoms with Gasteiger partial charge in [0.15, 0.2) is 0 Å². The summed E-state index contributed by atoms with van der Waals surface area (Å²) in [6.07, 6.45) is 2.41. The van der Waals surface area contributed by atoms with Crippen molar-refractivity contribution in [3.05, 3.63) is 171 Å². The van der Waals surface area contributed by atoms with E-state index in [0.717, 1.165) is 14.2 Å². The molecule has 0 saturated heterocycles. The van der Waals surface area contributed by atoms with E-state index in [1.54, 1.807) is 0 Å². The molecule has 0 amide bonds. The zero-order valence-electron chi connectivity index (χ0n) is 26.0. The van der Waals surface area contributed by atoms with E-state index < -0.39 is 0 Å². The van der Waals surface area contributed by atoms with Gasteiger partial charge in [0.05, 0.1) is 0 Å². The summed E-state index contributed by atoms with van der Waals surface area (Å²) in [7, 11) is 4.27. The smallest absolute Gasteiger partial charge is 0.0195 e. The molecule has 0 aliphatic carbocycles. The molecular weight excluding hydrogens is 660 g/mol. The number of benzene rings is 5. The molecule has 0 aromatic heterocycles. The van der Waals surface area contributed by atoms with Crippen LogP contribution in [0.3, 0.4) is 0 Å². The van der Waals surface area contributed by atoms with Crippen LogP contribution in [-0.4, -0.2) is 38.9 Å². The maximum absolute atomic E-state index is 7.50. The van der Waals surface area contributed by atoms with Crippen LogP contribution in [0.25, 0.3) is 0 Å². The van der Waals surface area contributed by atoms with Crippen LogP contribution in [0.1, 0.15) is 5.56 Å². The first-order chi connectivity index (χ1) is 22.7. The second-order valence-corrected chi connectivity index (χ2v) is 16.0. The molecule has 1 radical (unpaired) electrons. The van der Waals surface area contributed by atoms with Gasteiger partial charge in [-0.3, -0.25) is 0 Å². The van der Waals surface area contributed by atoms with Gasteiger partial charge in [0, 0.05) is 0 Å². The Bertz CT molecular complexity index is 1390. The van der Waals surface area contributed by atoms with E-state index in [2.05, 4.69) is 200 Å². The molecule has 0 bridgehead atoms. The third-order valence-electron chi connectivity index (χ3n) is 6.43. The fourth-order valence-corrected chi connectivity index (χ4v) is 11.3. The minimum Gasteiger partial charge on any atom is -0.0622 e. The van der Waals surface area contributed by atoms with Crippen molar-refractivity contribution in [1.29, 1.82) is 0 Å². The first kappa shape index (κ1) is 40.9. The minimum absolute atomic E-state index is 0.348. The van der Waals surface area contributed by atoms with E-state index in [0.29, 0.717) is 0 Å². The van der Waals surface area contributed by atoms with Gasteiger partial charge in [0.2, 0.25) is 0 Å². The van der Waals surface area contributed by atoms with Crippen LogP contribution in [0.15, 0.2) is 146 Å². The Kier molecular flexibility index (Phi) is 23.1. The maximum atomic E-state index is 7.50. The Morgan fingerprint density at radius 2 is 0.783 bits per heavy atom. The number of hydrogen-bond donors (Lipinski definition) is 0. The van der Waals surface area contributed by atoms with Crippen molar-refractivity contribution >= 4 is 49.9 Å². The molecule has 8 heteroatoms. The van der Waals surface area contributed by atoms with Crippen molar-refractivity contribution in [1.82, 2.24) is 4.90 Å². The topological polar surface area (TPSA) is 62.9 Å². The van der Waals surface area contributed by atoms with Crippen molar-refractivity contribution in [3.63, 3.8) is 0 Å². The molecule has 0 atom stereocenters. The van der Waals surface area contributed by atoms with Crippen LogP contribution in [-0.2, 0) is 35.7 Å². The Hall–Kier alpha value is -3.11. The number of nitrogens with zero attached hydrogens (tertiary/aromatic N) is 1. The monoisotopic (exact) mass is 696 g/mol. The SMILES string of the molecule is CN(C)Cc1ccccc1[Si]=[Cr].[C-]#[O+].[C-]#[O+].[C-]#[O+].c1ccc(P(CCP(c2ccccc2)c2ccccc2)c2ccccc2)cc1. The summed E-state index contributed by atoms with van der Waals surface area (Å²) in [6.45, 7) is 14.5. The van der Waals surface area contributed by atoms with E-state index in [4.69, 9.17) is 14.0 Å². The summed E-state index contributed by atoms with van der Waals surface area (Å²) in [4.78, 5) is 2.19. The van der Waals surface area contributed by atoms with E-state index in [-0.39, 0.29) is 15.8 Å². The molecule has 0 N–H and O–H groups in total. The quantitative estimate of drug-likeness (QED) is 0.0803. The molecule has 46 heavy (non-hydrogen) atoms. The van der Waals surface area contributed by atoms with Crippen LogP contribution in [0, 0.1) is 20.0 Å². The van der Waals surface area contributed by atoms with Crippen molar-refractivity contribution in [2.45, 2.75) is 6.54 Å². The molecule has 5 aromatic rings. The fourth-order valence-electron chi connectivity index (χ4n) is 4.54. The average Bonchev–Trinajstić information content (AvgIpc) is 3.14. The largest absolute Gasteiger partial charge is 0.0622 e. The van der Waals surface area contributed by atoms with Gasteiger partial charge in [-0.25, -0.2) is 0 Å². The van der Waals surface area contributed by atoms with E-state index in [9.17, 15) is 0 Å². The van der Waals surface area contributed by atoms with Crippen LogP contribution in [0.5, 0.6) is 0 Å². The minimum atomic E-state index is -0.348. The van der Waals surface area contributed by atoms with Gasteiger partial charge in [-0.2, -0.15) is 0 Å². The molecule has 0 fully saturated rings. The Balaban J connectivity index is 0.000000493. The predicted octanol–water partition coefficient (Wildman–Crippen LogP) is 5.68. The van der Waals surface area contributed by atoms with Crippen molar-refractivity contribution in [2.24, 2.45) is 0 Å². The Morgan fingerprint density at radius 3 is 1.07 bits per heavy atom. The van der Waals surface area contributed by atoms with Crippen molar-refractivity contribution in [2.75, 3.05) is 26.4 Å². The first-order valence-electron chi connectivity index (χ1n) is 14.1. The zero-order chi connectivity index (χ0) is 34.0. The second-order valence-electron chi connectivity index (χ2n) is 9.64. The molecule has 0 aliphatic rings. The van der Waals surface area contributed by atoms with Crippen LogP contribution < -0.4 is 26.4 Å². The van der Waals surface area contributed by atoms with Gasteiger partial charge >= 0.3 is 117 Å². The van der Waals surface area contributed by atoms with E-state index in [1.807, 2.05) is 0 Å². The van der Waals surface area contributed by atoms with Crippen LogP contribution >= 0.6 is 15.8 Å². The molecule has 0 heterocycles. The van der Waals surface area contributed by atoms with Crippen LogP contribution in [0.2, 0.25) is 0 Å². The summed E-state index contributed by atoms with van der Waals surface area (Å²) in [5.41, 5.74) is 1.43. The van der Waals surface area contributed by atoms with Gasteiger partial charge < -0.3 is 0 Å².